The van der Waals surface area contributed by atoms with Crippen LogP contribution in [0.5, 0.6) is 0 Å². The van der Waals surface area contributed by atoms with Crippen molar-refractivity contribution in [1.29, 1.82) is 0 Å². The van der Waals surface area contributed by atoms with Crippen molar-refractivity contribution in [1.82, 2.24) is 5.32 Å². The van der Waals surface area contributed by atoms with Crippen molar-refractivity contribution in [2.45, 2.75) is 38.6 Å². The third kappa shape index (κ3) is 3.81. The lowest BCUT2D eigenvalue weighted by molar-refractivity contribution is -0.122. The number of aryl methyl sites for hydroxylation is 1. The number of hydrogen-bond acceptors (Lipinski definition) is 3. The topological polar surface area (TPSA) is 49.3 Å². The summed E-state index contributed by atoms with van der Waals surface area (Å²) in [6.07, 6.45) is 3.04. The van der Waals surface area contributed by atoms with E-state index in [1.165, 1.54) is 15.6 Å². The number of hydrogen-bond donors (Lipinski definition) is 2. The van der Waals surface area contributed by atoms with Crippen LogP contribution in [-0.2, 0) is 11.2 Å². The molecule has 0 aliphatic carbocycles. The van der Waals surface area contributed by atoms with Gasteiger partial charge in [-0.1, -0.05) is 25.1 Å². The van der Waals surface area contributed by atoms with Gasteiger partial charge >= 0.3 is 0 Å². The molecule has 1 heterocycles. The lowest BCUT2D eigenvalue weighted by Crippen LogP contribution is -2.36. The van der Waals surface area contributed by atoms with E-state index < -0.39 is 0 Å². The van der Waals surface area contributed by atoms with E-state index in [-0.39, 0.29) is 18.6 Å². The van der Waals surface area contributed by atoms with Crippen molar-refractivity contribution >= 4 is 27.3 Å². The van der Waals surface area contributed by atoms with Crippen LogP contribution in [-0.4, -0.2) is 23.7 Å². The first-order valence-corrected chi connectivity index (χ1v) is 7.98. The van der Waals surface area contributed by atoms with Gasteiger partial charge in [-0.2, -0.15) is 0 Å². The highest BCUT2D eigenvalue weighted by Gasteiger charge is 2.09. The Kier molecular flexibility index (Phi) is 5.56. The summed E-state index contributed by atoms with van der Waals surface area (Å²) in [6.45, 7) is 1.97. The minimum absolute atomic E-state index is 0.0113. The first-order valence-electron chi connectivity index (χ1n) is 7.10. The smallest absolute Gasteiger partial charge is 0.220 e. The number of aliphatic hydroxyl groups excluding tert-OH is 1. The third-order valence-electron chi connectivity index (χ3n) is 3.49. The fraction of sp³-hybridized carbons (Fsp3) is 0.438. The Labute approximate surface area is 123 Å². The van der Waals surface area contributed by atoms with Crippen LogP contribution in [0.15, 0.2) is 29.6 Å². The van der Waals surface area contributed by atoms with Crippen molar-refractivity contribution in [3.05, 3.63) is 35.2 Å². The monoisotopic (exact) mass is 291 g/mol. The maximum atomic E-state index is 11.7. The van der Waals surface area contributed by atoms with Crippen LogP contribution in [0.4, 0.5) is 0 Å². The van der Waals surface area contributed by atoms with Crippen molar-refractivity contribution in [3.8, 4) is 0 Å². The van der Waals surface area contributed by atoms with Gasteiger partial charge in [-0.05, 0) is 41.7 Å². The molecule has 20 heavy (non-hydrogen) atoms. The highest BCUT2D eigenvalue weighted by Crippen LogP contribution is 2.26. The highest BCUT2D eigenvalue weighted by atomic mass is 32.1. The van der Waals surface area contributed by atoms with Crippen LogP contribution in [0, 0.1) is 0 Å². The second-order valence-corrected chi connectivity index (χ2v) is 5.88. The van der Waals surface area contributed by atoms with Gasteiger partial charge in [-0.25, -0.2) is 0 Å². The minimum atomic E-state index is -0.107. The fourth-order valence-electron chi connectivity index (χ4n) is 2.24. The van der Waals surface area contributed by atoms with Gasteiger partial charge in [-0.3, -0.25) is 4.79 Å². The Morgan fingerprint density at radius 1 is 1.40 bits per heavy atom. The quantitative estimate of drug-likeness (QED) is 0.823. The number of benzene rings is 1. The number of fused-ring (bicyclic) bond motifs is 1. The second kappa shape index (κ2) is 7.41. The molecule has 4 heteroatoms. The third-order valence-corrected chi connectivity index (χ3v) is 4.50. The lowest BCUT2D eigenvalue weighted by atomic mass is 10.1. The number of nitrogens with one attached hydrogen (secondary N) is 1. The summed E-state index contributed by atoms with van der Waals surface area (Å²) < 4.78 is 1.30. The number of rotatable bonds is 7. The van der Waals surface area contributed by atoms with Crippen LogP contribution in [0.2, 0.25) is 0 Å². The van der Waals surface area contributed by atoms with Crippen molar-refractivity contribution < 1.29 is 9.90 Å². The lowest BCUT2D eigenvalue weighted by Gasteiger charge is -2.13. The first-order chi connectivity index (χ1) is 9.74. The first kappa shape index (κ1) is 15.0. The molecule has 0 bridgehead atoms. The molecule has 1 aromatic carbocycles. The zero-order valence-corrected chi connectivity index (χ0v) is 12.6. The summed E-state index contributed by atoms with van der Waals surface area (Å²) >= 11 is 1.76. The van der Waals surface area contributed by atoms with E-state index in [0.29, 0.717) is 6.42 Å². The van der Waals surface area contributed by atoms with E-state index in [4.69, 9.17) is 5.11 Å². The standard InChI is InChI=1S/C16H21NO2S/c1-2-13(10-18)17-16(19)9-5-6-12-11-20-15-8-4-3-7-14(12)15/h3-4,7-8,11,13,18H,2,5-6,9-10H2,1H3,(H,17,19). The summed E-state index contributed by atoms with van der Waals surface area (Å²) in [5, 5.41) is 15.4. The van der Waals surface area contributed by atoms with Gasteiger partial charge in [0, 0.05) is 11.1 Å². The van der Waals surface area contributed by atoms with Gasteiger partial charge in [0.05, 0.1) is 12.6 Å². The minimum Gasteiger partial charge on any atom is -0.394 e. The van der Waals surface area contributed by atoms with Crippen LogP contribution in [0.1, 0.15) is 31.7 Å². The van der Waals surface area contributed by atoms with Gasteiger partial charge < -0.3 is 10.4 Å². The Morgan fingerprint density at radius 3 is 2.95 bits per heavy atom. The molecule has 0 fully saturated rings. The van der Waals surface area contributed by atoms with E-state index in [1.54, 1.807) is 11.3 Å². The summed E-state index contributed by atoms with van der Waals surface area (Å²) in [5.74, 6) is 0.0328. The molecule has 0 saturated heterocycles. The maximum absolute atomic E-state index is 11.7. The van der Waals surface area contributed by atoms with E-state index in [0.717, 1.165) is 19.3 Å². The maximum Gasteiger partial charge on any atom is 0.220 e. The molecule has 0 aliphatic heterocycles. The normalized spacial score (nSPS) is 12.5. The molecule has 1 atom stereocenters. The van der Waals surface area contributed by atoms with E-state index in [2.05, 4.69) is 35.0 Å². The predicted molar refractivity (Wildman–Crippen MR) is 84.1 cm³/mol. The SMILES string of the molecule is CCC(CO)NC(=O)CCCc1csc2ccccc12. The molecule has 108 valence electrons. The van der Waals surface area contributed by atoms with Crippen LogP contribution in [0.3, 0.4) is 0 Å². The Morgan fingerprint density at radius 2 is 2.20 bits per heavy atom. The number of carbonyl (C=O) groups excluding carboxylic acids is 1. The van der Waals surface area contributed by atoms with Crippen LogP contribution < -0.4 is 5.32 Å². The molecule has 2 rings (SSSR count). The van der Waals surface area contributed by atoms with Crippen LogP contribution >= 0.6 is 11.3 Å². The molecular weight excluding hydrogens is 270 g/mol. The van der Waals surface area contributed by atoms with Gasteiger partial charge in [0.15, 0.2) is 0 Å². The summed E-state index contributed by atoms with van der Waals surface area (Å²) in [4.78, 5) is 11.7. The molecule has 1 unspecified atom stereocenters. The zero-order valence-electron chi connectivity index (χ0n) is 11.8. The number of carbonyl (C=O) groups is 1. The van der Waals surface area contributed by atoms with Crippen molar-refractivity contribution in [3.63, 3.8) is 0 Å². The van der Waals surface area contributed by atoms with E-state index in [9.17, 15) is 4.79 Å². The number of amides is 1. The van der Waals surface area contributed by atoms with Gasteiger partial charge in [0.2, 0.25) is 5.91 Å². The Bertz CT molecular complexity index is 560. The molecule has 1 aromatic heterocycles. The van der Waals surface area contributed by atoms with E-state index >= 15 is 0 Å². The Hall–Kier alpha value is -1.39. The predicted octanol–water partition coefficient (Wildman–Crippen LogP) is 3.11. The summed E-state index contributed by atoms with van der Waals surface area (Å²) in [6, 6.07) is 8.27. The second-order valence-electron chi connectivity index (χ2n) is 4.97. The number of thiophene rings is 1. The molecule has 3 nitrogen and oxygen atoms in total. The van der Waals surface area contributed by atoms with Gasteiger partial charge in [-0.15, -0.1) is 11.3 Å². The largest absolute Gasteiger partial charge is 0.394 e. The van der Waals surface area contributed by atoms with Crippen molar-refractivity contribution in [2.75, 3.05) is 6.61 Å². The Balaban J connectivity index is 1.82. The molecule has 0 radical (unpaired) electrons. The average Bonchev–Trinajstić information content (AvgIpc) is 2.88. The highest BCUT2D eigenvalue weighted by molar-refractivity contribution is 7.17. The summed E-state index contributed by atoms with van der Waals surface area (Å²) in [5.41, 5.74) is 1.33. The summed E-state index contributed by atoms with van der Waals surface area (Å²) in [7, 11) is 0. The molecule has 1 amide bonds. The zero-order chi connectivity index (χ0) is 14.4. The molecule has 2 aromatic rings. The van der Waals surface area contributed by atoms with Crippen molar-refractivity contribution in [2.24, 2.45) is 0 Å². The molecule has 2 N–H and O–H groups in total. The number of aliphatic hydroxyl groups is 1. The molecule has 0 aliphatic rings. The average molecular weight is 291 g/mol. The van der Waals surface area contributed by atoms with E-state index in [1.807, 2.05) is 6.92 Å². The fourth-order valence-corrected chi connectivity index (χ4v) is 3.24. The molecule has 0 spiro atoms. The molecule has 0 saturated carbocycles. The van der Waals surface area contributed by atoms with Gasteiger partial charge in [0.25, 0.3) is 0 Å². The van der Waals surface area contributed by atoms with Crippen LogP contribution in [0.25, 0.3) is 10.1 Å². The molecular formula is C16H21NO2S. The van der Waals surface area contributed by atoms with Gasteiger partial charge in [0.1, 0.15) is 0 Å².